The number of carbonyl (C=O) groups excluding carboxylic acids is 1. The van der Waals surface area contributed by atoms with Crippen molar-refractivity contribution in [1.29, 1.82) is 0 Å². The summed E-state index contributed by atoms with van der Waals surface area (Å²) in [5.74, 6) is 0.0254. The molecule has 25 heavy (non-hydrogen) atoms. The van der Waals surface area contributed by atoms with E-state index in [0.717, 1.165) is 0 Å². The fourth-order valence-electron chi connectivity index (χ4n) is 2.14. The Kier molecular flexibility index (Phi) is 6.08. The molecule has 0 aliphatic heterocycles. The summed E-state index contributed by atoms with van der Waals surface area (Å²) >= 11 is 5.80. The molecule has 0 aromatic heterocycles. The lowest BCUT2D eigenvalue weighted by atomic mass is 10.1. The van der Waals surface area contributed by atoms with Crippen molar-refractivity contribution in [1.82, 2.24) is 5.32 Å². The highest BCUT2D eigenvalue weighted by molar-refractivity contribution is 7.92. The lowest BCUT2D eigenvalue weighted by molar-refractivity contribution is 0.0948. The smallest absolute Gasteiger partial charge is 0.261 e. The molecule has 2 N–H and O–H groups in total. The Hall–Kier alpha value is -2.05. The summed E-state index contributed by atoms with van der Waals surface area (Å²) in [6.45, 7) is 6.28. The molecule has 0 atom stereocenters. The van der Waals surface area contributed by atoms with E-state index in [9.17, 15) is 13.2 Å². The van der Waals surface area contributed by atoms with Gasteiger partial charge in [-0.2, -0.15) is 0 Å². The first kappa shape index (κ1) is 19.3. The van der Waals surface area contributed by atoms with Gasteiger partial charge in [0, 0.05) is 22.8 Å². The van der Waals surface area contributed by atoms with Crippen LogP contribution in [0, 0.1) is 12.8 Å². The first-order valence-electron chi connectivity index (χ1n) is 7.86. The molecule has 0 fully saturated rings. The third-order valence-electron chi connectivity index (χ3n) is 3.53. The average Bonchev–Trinajstić information content (AvgIpc) is 2.54. The summed E-state index contributed by atoms with van der Waals surface area (Å²) in [4.78, 5) is 12.3. The molecule has 2 aromatic rings. The predicted octanol–water partition coefficient (Wildman–Crippen LogP) is 3.84. The molecule has 0 aliphatic carbocycles. The number of amides is 1. The third kappa shape index (κ3) is 5.21. The van der Waals surface area contributed by atoms with Gasteiger partial charge in [-0.15, -0.1) is 0 Å². The molecule has 134 valence electrons. The summed E-state index contributed by atoms with van der Waals surface area (Å²) in [5.41, 5.74) is 1.46. The molecule has 7 heteroatoms. The predicted molar refractivity (Wildman–Crippen MR) is 101 cm³/mol. The van der Waals surface area contributed by atoms with Crippen LogP contribution >= 0.6 is 11.6 Å². The van der Waals surface area contributed by atoms with E-state index in [2.05, 4.69) is 10.0 Å². The first-order valence-corrected chi connectivity index (χ1v) is 9.72. The van der Waals surface area contributed by atoms with E-state index < -0.39 is 10.0 Å². The van der Waals surface area contributed by atoms with Gasteiger partial charge in [-0.3, -0.25) is 9.52 Å². The van der Waals surface area contributed by atoms with Gasteiger partial charge >= 0.3 is 0 Å². The summed E-state index contributed by atoms with van der Waals surface area (Å²) in [5, 5.41) is 3.32. The lowest BCUT2D eigenvalue weighted by Crippen LogP contribution is -2.28. The largest absolute Gasteiger partial charge is 0.352 e. The van der Waals surface area contributed by atoms with Gasteiger partial charge in [0.1, 0.15) is 0 Å². The highest BCUT2D eigenvalue weighted by Crippen LogP contribution is 2.20. The van der Waals surface area contributed by atoms with E-state index in [1.54, 1.807) is 37.3 Å². The third-order valence-corrected chi connectivity index (χ3v) is 5.16. The van der Waals surface area contributed by atoms with Crippen molar-refractivity contribution >= 4 is 33.2 Å². The molecule has 2 rings (SSSR count). The van der Waals surface area contributed by atoms with Gasteiger partial charge in [-0.05, 0) is 54.8 Å². The first-order chi connectivity index (χ1) is 11.7. The number of sulfonamides is 1. The van der Waals surface area contributed by atoms with Crippen LogP contribution in [0.3, 0.4) is 0 Å². The Morgan fingerprint density at radius 1 is 1.12 bits per heavy atom. The fourth-order valence-corrected chi connectivity index (χ4v) is 3.35. The van der Waals surface area contributed by atoms with Crippen molar-refractivity contribution in [3.05, 3.63) is 58.6 Å². The van der Waals surface area contributed by atoms with Crippen molar-refractivity contribution < 1.29 is 13.2 Å². The minimum atomic E-state index is -3.80. The highest BCUT2D eigenvalue weighted by Gasteiger charge is 2.18. The molecular weight excluding hydrogens is 360 g/mol. The van der Waals surface area contributed by atoms with E-state index in [1.807, 2.05) is 13.8 Å². The lowest BCUT2D eigenvalue weighted by Gasteiger charge is -2.12. The summed E-state index contributed by atoms with van der Waals surface area (Å²) < 4.78 is 27.6. The second-order valence-corrected chi connectivity index (χ2v) is 8.31. The van der Waals surface area contributed by atoms with Crippen molar-refractivity contribution in [3.8, 4) is 0 Å². The van der Waals surface area contributed by atoms with Gasteiger partial charge in [0.15, 0.2) is 0 Å². The van der Waals surface area contributed by atoms with E-state index in [1.165, 1.54) is 12.1 Å². The zero-order valence-electron chi connectivity index (χ0n) is 14.3. The van der Waals surface area contributed by atoms with Gasteiger partial charge in [-0.1, -0.05) is 31.5 Å². The molecule has 0 spiro atoms. The summed E-state index contributed by atoms with van der Waals surface area (Å²) in [7, 11) is -3.80. The van der Waals surface area contributed by atoms with Crippen LogP contribution in [0.1, 0.15) is 29.8 Å². The monoisotopic (exact) mass is 380 g/mol. The Morgan fingerprint density at radius 3 is 2.36 bits per heavy atom. The van der Waals surface area contributed by atoms with Crippen molar-refractivity contribution in [2.45, 2.75) is 25.7 Å². The number of benzene rings is 2. The number of hydrogen-bond acceptors (Lipinski definition) is 3. The number of hydrogen-bond donors (Lipinski definition) is 2. The quantitative estimate of drug-likeness (QED) is 0.799. The number of carbonyl (C=O) groups is 1. The van der Waals surface area contributed by atoms with Crippen LogP contribution < -0.4 is 10.0 Å². The molecular formula is C18H21ClN2O3S. The summed E-state index contributed by atoms with van der Waals surface area (Å²) in [6.07, 6.45) is 0. The van der Waals surface area contributed by atoms with Crippen LogP contribution in [-0.2, 0) is 10.0 Å². The van der Waals surface area contributed by atoms with E-state index >= 15 is 0 Å². The molecule has 0 saturated heterocycles. The van der Waals surface area contributed by atoms with Gasteiger partial charge in [0.2, 0.25) is 0 Å². The van der Waals surface area contributed by atoms with Crippen molar-refractivity contribution in [3.63, 3.8) is 0 Å². The van der Waals surface area contributed by atoms with Crippen LogP contribution in [0.5, 0.6) is 0 Å². The van der Waals surface area contributed by atoms with Gasteiger partial charge in [0.05, 0.1) is 4.90 Å². The maximum absolute atomic E-state index is 12.6. The van der Waals surface area contributed by atoms with Crippen LogP contribution in [0.25, 0.3) is 0 Å². The van der Waals surface area contributed by atoms with Gasteiger partial charge < -0.3 is 5.32 Å². The zero-order chi connectivity index (χ0) is 18.6. The molecule has 0 heterocycles. The number of anilines is 1. The fraction of sp³-hybridized carbons (Fsp3) is 0.278. The standard InChI is InChI=1S/C18H21ClN2O3S/c1-12(2)11-20-18(22)17-10-16(9-4-13(17)3)25(23,24)21-15-7-5-14(19)6-8-15/h4-10,12,21H,11H2,1-3H3,(H,20,22). The van der Waals surface area contributed by atoms with E-state index in [-0.39, 0.29) is 10.8 Å². The van der Waals surface area contributed by atoms with E-state index in [0.29, 0.717) is 34.3 Å². The summed E-state index contributed by atoms with van der Waals surface area (Å²) in [6, 6.07) is 10.8. The minimum Gasteiger partial charge on any atom is -0.352 e. The number of nitrogens with one attached hydrogen (secondary N) is 2. The molecule has 0 aliphatic rings. The number of halogens is 1. The molecule has 2 aromatic carbocycles. The molecule has 0 unspecified atom stereocenters. The Morgan fingerprint density at radius 2 is 1.76 bits per heavy atom. The topological polar surface area (TPSA) is 75.3 Å². The van der Waals surface area contributed by atoms with Crippen LogP contribution in [0.2, 0.25) is 5.02 Å². The highest BCUT2D eigenvalue weighted by atomic mass is 35.5. The SMILES string of the molecule is Cc1ccc(S(=O)(=O)Nc2ccc(Cl)cc2)cc1C(=O)NCC(C)C. The maximum Gasteiger partial charge on any atom is 0.261 e. The van der Waals surface area contributed by atoms with Crippen LogP contribution in [0.15, 0.2) is 47.4 Å². The van der Waals surface area contributed by atoms with Gasteiger partial charge in [-0.25, -0.2) is 8.42 Å². The Balaban J connectivity index is 2.27. The Labute approximate surface area is 153 Å². The number of rotatable bonds is 6. The van der Waals surface area contributed by atoms with Gasteiger partial charge in [0.25, 0.3) is 15.9 Å². The van der Waals surface area contributed by atoms with E-state index in [4.69, 9.17) is 11.6 Å². The second kappa shape index (κ2) is 7.89. The average molecular weight is 381 g/mol. The van der Waals surface area contributed by atoms with Crippen molar-refractivity contribution in [2.75, 3.05) is 11.3 Å². The molecule has 1 amide bonds. The second-order valence-electron chi connectivity index (χ2n) is 6.19. The van der Waals surface area contributed by atoms with Crippen molar-refractivity contribution in [2.24, 2.45) is 5.92 Å². The molecule has 0 radical (unpaired) electrons. The molecule has 5 nitrogen and oxygen atoms in total. The zero-order valence-corrected chi connectivity index (χ0v) is 15.9. The Bertz CT molecular complexity index is 862. The minimum absolute atomic E-state index is 0.0303. The molecule has 0 saturated carbocycles. The maximum atomic E-state index is 12.6. The van der Waals surface area contributed by atoms with Crippen LogP contribution in [0.4, 0.5) is 5.69 Å². The number of aryl methyl sites for hydroxylation is 1. The van der Waals surface area contributed by atoms with Crippen LogP contribution in [-0.4, -0.2) is 20.9 Å². The normalized spacial score (nSPS) is 11.4. The molecule has 0 bridgehead atoms.